The Kier molecular flexibility index (Phi) is 5.97. The number of fused-ring (bicyclic) bond motifs is 1. The third-order valence-electron chi connectivity index (χ3n) is 6.02. The number of tetrazole rings is 1. The van der Waals surface area contributed by atoms with Gasteiger partial charge in [-0.1, -0.05) is 19.9 Å². The molecule has 8 nitrogen and oxygen atoms in total. The molecule has 4 rings (SSSR count). The van der Waals surface area contributed by atoms with Gasteiger partial charge in [0.1, 0.15) is 6.04 Å². The fraction of sp³-hybridized carbons (Fsp3) is 0.545. The summed E-state index contributed by atoms with van der Waals surface area (Å²) in [4.78, 5) is 18.5. The van der Waals surface area contributed by atoms with Crippen LogP contribution in [-0.4, -0.2) is 55.9 Å². The van der Waals surface area contributed by atoms with Crippen molar-refractivity contribution in [2.45, 2.75) is 59.2 Å². The molecule has 0 aliphatic carbocycles. The first-order valence-electron chi connectivity index (χ1n) is 10.8. The fourth-order valence-corrected chi connectivity index (χ4v) is 4.50. The molecule has 0 amide bonds. The molecule has 160 valence electrons. The van der Waals surface area contributed by atoms with Gasteiger partial charge in [0.05, 0.1) is 12.6 Å². The Bertz CT molecular complexity index is 1080. The Morgan fingerprint density at radius 2 is 2.07 bits per heavy atom. The van der Waals surface area contributed by atoms with Gasteiger partial charge in [-0.25, -0.2) is 4.68 Å². The summed E-state index contributed by atoms with van der Waals surface area (Å²) < 4.78 is 7.60. The van der Waals surface area contributed by atoms with Crippen LogP contribution in [0, 0.1) is 13.8 Å². The van der Waals surface area contributed by atoms with Crippen molar-refractivity contribution < 1.29 is 4.74 Å². The second kappa shape index (κ2) is 8.65. The Hall–Kier alpha value is -2.58. The summed E-state index contributed by atoms with van der Waals surface area (Å²) in [6.07, 6.45) is 2.18. The monoisotopic (exact) mass is 410 g/mol. The minimum Gasteiger partial charge on any atom is -0.376 e. The van der Waals surface area contributed by atoms with Crippen molar-refractivity contribution in [3.63, 3.8) is 0 Å². The van der Waals surface area contributed by atoms with Crippen molar-refractivity contribution in [1.82, 2.24) is 30.1 Å². The average molecular weight is 411 g/mol. The summed E-state index contributed by atoms with van der Waals surface area (Å²) >= 11 is 0. The summed E-state index contributed by atoms with van der Waals surface area (Å²) in [5.41, 5.74) is 3.69. The first-order chi connectivity index (χ1) is 14.5. The lowest BCUT2D eigenvalue weighted by Crippen LogP contribution is -2.35. The predicted molar refractivity (Wildman–Crippen MR) is 116 cm³/mol. The van der Waals surface area contributed by atoms with E-state index in [2.05, 4.69) is 52.2 Å². The van der Waals surface area contributed by atoms with Crippen LogP contribution in [0.3, 0.4) is 0 Å². The summed E-state index contributed by atoms with van der Waals surface area (Å²) in [6, 6.07) is 5.83. The van der Waals surface area contributed by atoms with Gasteiger partial charge in [0.15, 0.2) is 5.82 Å². The molecule has 1 aliphatic heterocycles. The van der Waals surface area contributed by atoms with Gasteiger partial charge in [0.2, 0.25) is 0 Å². The molecule has 30 heavy (non-hydrogen) atoms. The number of hydrogen-bond acceptors (Lipinski definition) is 6. The SMILES string of the molecule is CCN(CC)[C@@H](c1cc2c(C)cc(C)cc2[nH]c1=O)c1nnnn1C[C@@H]1CCCO1. The minimum atomic E-state index is -0.328. The molecule has 8 heteroatoms. The smallest absolute Gasteiger partial charge is 0.253 e. The Labute approximate surface area is 176 Å². The number of ether oxygens (including phenoxy) is 1. The molecule has 2 atom stereocenters. The quantitative estimate of drug-likeness (QED) is 0.644. The molecule has 1 saturated heterocycles. The van der Waals surface area contributed by atoms with E-state index in [1.54, 1.807) is 0 Å². The van der Waals surface area contributed by atoms with Crippen LogP contribution in [0.5, 0.6) is 0 Å². The highest BCUT2D eigenvalue weighted by molar-refractivity contribution is 5.83. The number of nitrogens with one attached hydrogen (secondary N) is 1. The van der Waals surface area contributed by atoms with Gasteiger partial charge in [-0.2, -0.15) is 0 Å². The molecular weight excluding hydrogens is 380 g/mol. The molecular formula is C22H30N6O2. The second-order valence-electron chi connectivity index (χ2n) is 8.07. The minimum absolute atomic E-state index is 0.101. The number of aryl methyl sites for hydroxylation is 2. The van der Waals surface area contributed by atoms with E-state index in [9.17, 15) is 4.79 Å². The molecule has 3 aromatic rings. The summed E-state index contributed by atoms with van der Waals surface area (Å²) in [5, 5.41) is 13.6. The fourth-order valence-electron chi connectivity index (χ4n) is 4.50. The number of aromatic nitrogens is 5. The zero-order chi connectivity index (χ0) is 21.3. The second-order valence-corrected chi connectivity index (χ2v) is 8.07. The van der Waals surface area contributed by atoms with E-state index in [1.165, 1.54) is 0 Å². The lowest BCUT2D eigenvalue weighted by Gasteiger charge is -2.29. The molecule has 2 aromatic heterocycles. The van der Waals surface area contributed by atoms with Crippen molar-refractivity contribution in [3.05, 3.63) is 51.1 Å². The van der Waals surface area contributed by atoms with Crippen LogP contribution in [0.4, 0.5) is 0 Å². The normalized spacial score (nSPS) is 17.8. The van der Waals surface area contributed by atoms with Crippen LogP contribution < -0.4 is 5.56 Å². The van der Waals surface area contributed by atoms with Gasteiger partial charge in [-0.15, -0.1) is 5.10 Å². The summed E-state index contributed by atoms with van der Waals surface area (Å²) in [6.45, 7) is 11.2. The Balaban J connectivity index is 1.84. The van der Waals surface area contributed by atoms with Gasteiger partial charge >= 0.3 is 0 Å². The van der Waals surface area contributed by atoms with Crippen LogP contribution in [0.2, 0.25) is 0 Å². The van der Waals surface area contributed by atoms with Crippen LogP contribution in [0.15, 0.2) is 23.0 Å². The first-order valence-corrected chi connectivity index (χ1v) is 10.8. The van der Waals surface area contributed by atoms with Gasteiger partial charge in [-0.05, 0) is 73.5 Å². The topological polar surface area (TPSA) is 88.9 Å². The lowest BCUT2D eigenvalue weighted by molar-refractivity contribution is 0.0910. The van der Waals surface area contributed by atoms with Crippen molar-refractivity contribution >= 4 is 10.9 Å². The van der Waals surface area contributed by atoms with Crippen LogP contribution in [0.1, 0.15) is 55.2 Å². The standard InChI is InChI=1S/C22H30N6O2/c1-5-27(6-2)20(21-24-25-26-28(21)13-16-8-7-9-30-16)18-12-17-15(4)10-14(3)11-19(17)23-22(18)29/h10-12,16,20H,5-9,13H2,1-4H3,(H,23,29)/t16-,20-/m0/s1. The summed E-state index contributed by atoms with van der Waals surface area (Å²) in [7, 11) is 0. The van der Waals surface area contributed by atoms with E-state index in [0.717, 1.165) is 54.6 Å². The molecule has 0 unspecified atom stereocenters. The van der Waals surface area contributed by atoms with Crippen molar-refractivity contribution in [1.29, 1.82) is 0 Å². The number of H-pyrrole nitrogens is 1. The molecule has 1 N–H and O–H groups in total. The van der Waals surface area contributed by atoms with Crippen LogP contribution in [0.25, 0.3) is 10.9 Å². The van der Waals surface area contributed by atoms with Gasteiger partial charge in [0.25, 0.3) is 5.56 Å². The third kappa shape index (κ3) is 3.89. The van der Waals surface area contributed by atoms with Crippen molar-refractivity contribution in [2.24, 2.45) is 0 Å². The lowest BCUT2D eigenvalue weighted by atomic mass is 10.00. The van der Waals surface area contributed by atoms with Crippen LogP contribution >= 0.6 is 0 Å². The molecule has 0 spiro atoms. The van der Waals surface area contributed by atoms with Crippen molar-refractivity contribution in [2.75, 3.05) is 19.7 Å². The van der Waals surface area contributed by atoms with Crippen LogP contribution in [-0.2, 0) is 11.3 Å². The molecule has 1 fully saturated rings. The predicted octanol–water partition coefficient (Wildman–Crippen LogP) is 2.74. The molecule has 1 aliphatic rings. The molecule has 3 heterocycles. The Morgan fingerprint density at radius 1 is 1.27 bits per heavy atom. The van der Waals surface area contributed by atoms with E-state index in [-0.39, 0.29) is 17.7 Å². The number of aromatic amines is 1. The van der Waals surface area contributed by atoms with E-state index in [4.69, 9.17) is 4.74 Å². The maximum atomic E-state index is 13.2. The first kappa shape index (κ1) is 20.7. The zero-order valence-corrected chi connectivity index (χ0v) is 18.2. The van der Waals surface area contributed by atoms with Crippen molar-refractivity contribution in [3.8, 4) is 0 Å². The highest BCUT2D eigenvalue weighted by Crippen LogP contribution is 2.28. The number of nitrogens with zero attached hydrogens (tertiary/aromatic N) is 5. The molecule has 0 bridgehead atoms. The van der Waals surface area contributed by atoms with Gasteiger partial charge in [0, 0.05) is 23.1 Å². The average Bonchev–Trinajstić information content (AvgIpc) is 3.38. The number of rotatable bonds is 7. The number of hydrogen-bond donors (Lipinski definition) is 1. The highest BCUT2D eigenvalue weighted by Gasteiger charge is 2.30. The molecule has 1 aromatic carbocycles. The zero-order valence-electron chi connectivity index (χ0n) is 18.2. The van der Waals surface area contributed by atoms with Gasteiger partial charge in [-0.3, -0.25) is 9.69 Å². The maximum absolute atomic E-state index is 13.2. The number of benzene rings is 1. The largest absolute Gasteiger partial charge is 0.376 e. The van der Waals surface area contributed by atoms with Gasteiger partial charge < -0.3 is 9.72 Å². The maximum Gasteiger partial charge on any atom is 0.253 e. The third-order valence-corrected chi connectivity index (χ3v) is 6.02. The van der Waals surface area contributed by atoms with E-state index < -0.39 is 0 Å². The molecule has 0 saturated carbocycles. The highest BCUT2D eigenvalue weighted by atomic mass is 16.5. The Morgan fingerprint density at radius 3 is 2.77 bits per heavy atom. The van der Waals surface area contributed by atoms with E-state index in [0.29, 0.717) is 17.9 Å². The summed E-state index contributed by atoms with van der Waals surface area (Å²) in [5.74, 6) is 0.684. The number of pyridine rings is 1. The van der Waals surface area contributed by atoms with E-state index in [1.807, 2.05) is 23.7 Å². The van der Waals surface area contributed by atoms with E-state index >= 15 is 0 Å². The molecule has 0 radical (unpaired) electrons.